The number of amides is 1. The van der Waals surface area contributed by atoms with Gasteiger partial charge in [0.05, 0.1) is 17.4 Å². The molecule has 3 rings (SSSR count). The van der Waals surface area contributed by atoms with Crippen molar-refractivity contribution in [3.63, 3.8) is 0 Å². The van der Waals surface area contributed by atoms with E-state index in [4.69, 9.17) is 4.42 Å². The second kappa shape index (κ2) is 5.64. The van der Waals surface area contributed by atoms with Gasteiger partial charge in [-0.15, -0.1) is 0 Å². The van der Waals surface area contributed by atoms with Crippen LogP contribution in [0, 0.1) is 6.92 Å². The van der Waals surface area contributed by atoms with Crippen molar-refractivity contribution in [2.24, 2.45) is 0 Å². The van der Waals surface area contributed by atoms with Gasteiger partial charge in [0.2, 0.25) is 5.91 Å². The minimum atomic E-state index is 0.0533. The molecule has 1 unspecified atom stereocenters. The molecule has 4 nitrogen and oxygen atoms in total. The van der Waals surface area contributed by atoms with E-state index in [1.54, 1.807) is 0 Å². The maximum atomic E-state index is 12.0. The average Bonchev–Trinajstić information content (AvgIpc) is 3.08. The minimum Gasteiger partial charge on any atom is -0.464 e. The third-order valence-corrected chi connectivity index (χ3v) is 3.83. The topological polar surface area (TPSA) is 45.5 Å². The summed E-state index contributed by atoms with van der Waals surface area (Å²) in [6.07, 6.45) is 1.57. The Balaban J connectivity index is 1.84. The lowest BCUT2D eigenvalue weighted by atomic mass is 10.2. The summed E-state index contributed by atoms with van der Waals surface area (Å²) in [5.41, 5.74) is 1.92. The fourth-order valence-corrected chi connectivity index (χ4v) is 2.72. The van der Waals surface area contributed by atoms with Crippen molar-refractivity contribution in [1.29, 1.82) is 0 Å². The molecular weight excluding hydrogens is 264 g/mol. The van der Waals surface area contributed by atoms with Crippen LogP contribution in [0.4, 0.5) is 11.4 Å². The Hall–Kier alpha value is -2.23. The van der Waals surface area contributed by atoms with Crippen molar-refractivity contribution in [1.82, 2.24) is 0 Å². The summed E-state index contributed by atoms with van der Waals surface area (Å²) in [5.74, 6) is 2.00. The van der Waals surface area contributed by atoms with Gasteiger partial charge in [0, 0.05) is 13.0 Å². The minimum absolute atomic E-state index is 0.0533. The summed E-state index contributed by atoms with van der Waals surface area (Å²) in [5, 5.41) is 3.45. The standard InChI is InChI=1S/C17H20N2O2/c1-12-9-10-16(21-12)13(2)18-14-6-3-4-7-15(14)19-11-5-8-17(19)20/h3-4,6-7,9-10,13,18H,5,8,11H2,1-2H3. The fraction of sp³-hybridized carbons (Fsp3) is 0.353. The van der Waals surface area contributed by atoms with Gasteiger partial charge in [0.25, 0.3) is 0 Å². The maximum Gasteiger partial charge on any atom is 0.227 e. The highest BCUT2D eigenvalue weighted by Gasteiger charge is 2.24. The molecule has 1 aliphatic rings. The molecule has 1 N–H and O–H groups in total. The molecule has 2 aromatic rings. The molecule has 1 aromatic heterocycles. The monoisotopic (exact) mass is 284 g/mol. The Bertz CT molecular complexity index is 648. The number of para-hydroxylation sites is 2. The summed E-state index contributed by atoms with van der Waals surface area (Å²) in [6, 6.07) is 11.9. The van der Waals surface area contributed by atoms with Crippen molar-refractivity contribution in [2.45, 2.75) is 32.7 Å². The number of anilines is 2. The van der Waals surface area contributed by atoms with Crippen LogP contribution in [0.5, 0.6) is 0 Å². The van der Waals surface area contributed by atoms with Crippen LogP contribution in [0.15, 0.2) is 40.8 Å². The number of rotatable bonds is 4. The molecule has 1 atom stereocenters. The van der Waals surface area contributed by atoms with Gasteiger partial charge in [0.1, 0.15) is 11.5 Å². The summed E-state index contributed by atoms with van der Waals surface area (Å²) < 4.78 is 5.66. The van der Waals surface area contributed by atoms with Crippen LogP contribution in [0.25, 0.3) is 0 Å². The molecule has 0 spiro atoms. The third-order valence-electron chi connectivity index (χ3n) is 3.83. The number of benzene rings is 1. The smallest absolute Gasteiger partial charge is 0.227 e. The number of carbonyl (C=O) groups is 1. The van der Waals surface area contributed by atoms with Gasteiger partial charge >= 0.3 is 0 Å². The second-order valence-electron chi connectivity index (χ2n) is 5.48. The zero-order valence-corrected chi connectivity index (χ0v) is 12.4. The average molecular weight is 284 g/mol. The van der Waals surface area contributed by atoms with E-state index in [-0.39, 0.29) is 11.9 Å². The van der Waals surface area contributed by atoms with Crippen molar-refractivity contribution < 1.29 is 9.21 Å². The first-order valence-corrected chi connectivity index (χ1v) is 7.37. The quantitative estimate of drug-likeness (QED) is 0.926. The van der Waals surface area contributed by atoms with Crippen molar-refractivity contribution in [3.8, 4) is 0 Å². The molecule has 1 aliphatic heterocycles. The van der Waals surface area contributed by atoms with Gasteiger partial charge in [0.15, 0.2) is 0 Å². The van der Waals surface area contributed by atoms with Crippen LogP contribution < -0.4 is 10.2 Å². The van der Waals surface area contributed by atoms with Crippen LogP contribution in [0.1, 0.15) is 37.3 Å². The molecule has 110 valence electrons. The number of aryl methyl sites for hydroxylation is 1. The molecule has 2 heterocycles. The number of furan rings is 1. The normalized spacial score (nSPS) is 16.3. The highest BCUT2D eigenvalue weighted by atomic mass is 16.3. The van der Waals surface area contributed by atoms with E-state index in [1.165, 1.54) is 0 Å². The molecule has 21 heavy (non-hydrogen) atoms. The van der Waals surface area contributed by atoms with E-state index in [2.05, 4.69) is 12.2 Å². The van der Waals surface area contributed by atoms with Gasteiger partial charge in [-0.2, -0.15) is 0 Å². The van der Waals surface area contributed by atoms with Crippen LogP contribution in [-0.2, 0) is 4.79 Å². The Morgan fingerprint density at radius 3 is 2.71 bits per heavy atom. The van der Waals surface area contributed by atoms with Crippen LogP contribution in [-0.4, -0.2) is 12.5 Å². The molecule has 0 radical (unpaired) electrons. The Morgan fingerprint density at radius 1 is 1.24 bits per heavy atom. The molecule has 1 fully saturated rings. The second-order valence-corrected chi connectivity index (χ2v) is 5.48. The van der Waals surface area contributed by atoms with E-state index in [0.717, 1.165) is 35.9 Å². The predicted molar refractivity (Wildman–Crippen MR) is 83.5 cm³/mol. The third kappa shape index (κ3) is 2.79. The van der Waals surface area contributed by atoms with E-state index < -0.39 is 0 Å². The lowest BCUT2D eigenvalue weighted by Crippen LogP contribution is -2.25. The SMILES string of the molecule is Cc1ccc(C(C)Nc2ccccc2N2CCCC2=O)o1. The van der Waals surface area contributed by atoms with E-state index >= 15 is 0 Å². The van der Waals surface area contributed by atoms with Crippen LogP contribution in [0.3, 0.4) is 0 Å². The molecule has 1 aromatic carbocycles. The number of carbonyl (C=O) groups excluding carboxylic acids is 1. The number of hydrogen-bond acceptors (Lipinski definition) is 3. The highest BCUT2D eigenvalue weighted by molar-refractivity contribution is 5.98. The Labute approximate surface area is 124 Å². The largest absolute Gasteiger partial charge is 0.464 e. The van der Waals surface area contributed by atoms with Gasteiger partial charge in [-0.3, -0.25) is 4.79 Å². The fourth-order valence-electron chi connectivity index (χ4n) is 2.72. The zero-order valence-electron chi connectivity index (χ0n) is 12.4. The van der Waals surface area contributed by atoms with Gasteiger partial charge in [-0.1, -0.05) is 12.1 Å². The van der Waals surface area contributed by atoms with E-state index in [9.17, 15) is 4.79 Å². The molecular formula is C17H20N2O2. The van der Waals surface area contributed by atoms with E-state index in [1.807, 2.05) is 48.2 Å². The molecule has 1 saturated heterocycles. The predicted octanol–water partition coefficient (Wildman–Crippen LogP) is 3.89. The summed E-state index contributed by atoms with van der Waals surface area (Å²) in [4.78, 5) is 13.8. The van der Waals surface area contributed by atoms with Gasteiger partial charge in [-0.05, 0) is 44.5 Å². The first kappa shape index (κ1) is 13.7. The molecule has 1 amide bonds. The lowest BCUT2D eigenvalue weighted by Gasteiger charge is -2.22. The number of nitrogens with zero attached hydrogens (tertiary/aromatic N) is 1. The summed E-state index contributed by atoms with van der Waals surface area (Å²) in [6.45, 7) is 4.79. The first-order valence-electron chi connectivity index (χ1n) is 7.37. The zero-order chi connectivity index (χ0) is 14.8. The highest BCUT2D eigenvalue weighted by Crippen LogP contribution is 2.32. The first-order chi connectivity index (χ1) is 10.1. The Kier molecular flexibility index (Phi) is 3.69. The van der Waals surface area contributed by atoms with Crippen LogP contribution in [0.2, 0.25) is 0 Å². The Morgan fingerprint density at radius 2 is 2.05 bits per heavy atom. The van der Waals surface area contributed by atoms with Crippen molar-refractivity contribution in [3.05, 3.63) is 47.9 Å². The van der Waals surface area contributed by atoms with E-state index in [0.29, 0.717) is 6.42 Å². The van der Waals surface area contributed by atoms with Gasteiger partial charge < -0.3 is 14.6 Å². The van der Waals surface area contributed by atoms with Crippen molar-refractivity contribution in [2.75, 3.05) is 16.8 Å². The molecule has 0 bridgehead atoms. The summed E-state index contributed by atoms with van der Waals surface area (Å²) in [7, 11) is 0. The number of nitrogens with one attached hydrogen (secondary N) is 1. The number of hydrogen-bond donors (Lipinski definition) is 1. The molecule has 0 saturated carbocycles. The maximum absolute atomic E-state index is 12.0. The molecule has 4 heteroatoms. The summed E-state index contributed by atoms with van der Waals surface area (Å²) >= 11 is 0. The van der Waals surface area contributed by atoms with Crippen molar-refractivity contribution >= 4 is 17.3 Å². The van der Waals surface area contributed by atoms with Gasteiger partial charge in [-0.25, -0.2) is 0 Å². The van der Waals surface area contributed by atoms with Crippen LogP contribution >= 0.6 is 0 Å². The lowest BCUT2D eigenvalue weighted by molar-refractivity contribution is -0.117. The molecule has 0 aliphatic carbocycles.